The second kappa shape index (κ2) is 7.43. The maximum atomic E-state index is 12.8. The van der Waals surface area contributed by atoms with Crippen LogP contribution in [0.25, 0.3) is 0 Å². The summed E-state index contributed by atoms with van der Waals surface area (Å²) in [5.74, 6) is 0.415. The number of rotatable bonds is 5. The molecule has 2 N–H and O–H groups in total. The van der Waals surface area contributed by atoms with Gasteiger partial charge in [0.25, 0.3) is 0 Å². The summed E-state index contributed by atoms with van der Waals surface area (Å²) in [5, 5.41) is 12.3. The summed E-state index contributed by atoms with van der Waals surface area (Å²) in [6.45, 7) is 5.64. The number of nitrogens with two attached hydrogens (primary N) is 1. The van der Waals surface area contributed by atoms with Gasteiger partial charge in [0.1, 0.15) is 0 Å². The SMILES string of the molecule is CC(C)CC1C[N+](C)([O-])CCN1C(=O)[C@@H](N)Cc1ccccc1. The van der Waals surface area contributed by atoms with Gasteiger partial charge < -0.3 is 20.5 Å². The lowest BCUT2D eigenvalue weighted by atomic mass is 9.98. The molecule has 0 bridgehead atoms. The van der Waals surface area contributed by atoms with E-state index in [1.54, 1.807) is 7.05 Å². The van der Waals surface area contributed by atoms with Gasteiger partial charge in [-0.1, -0.05) is 44.2 Å². The van der Waals surface area contributed by atoms with Gasteiger partial charge in [-0.25, -0.2) is 0 Å². The van der Waals surface area contributed by atoms with Crippen LogP contribution in [0.1, 0.15) is 25.8 Å². The van der Waals surface area contributed by atoms with Crippen LogP contribution in [-0.2, 0) is 11.2 Å². The van der Waals surface area contributed by atoms with E-state index >= 15 is 0 Å². The third kappa shape index (κ3) is 5.03. The Morgan fingerprint density at radius 2 is 2.04 bits per heavy atom. The number of hydroxylamine groups is 3. The van der Waals surface area contributed by atoms with Crippen molar-refractivity contribution in [1.82, 2.24) is 4.90 Å². The predicted octanol–water partition coefficient (Wildman–Crippen LogP) is 1.76. The highest BCUT2D eigenvalue weighted by atomic mass is 16.5. The summed E-state index contributed by atoms with van der Waals surface area (Å²) in [6, 6.07) is 9.27. The van der Waals surface area contributed by atoms with E-state index in [1.165, 1.54) is 0 Å². The molecular formula is C18H29N3O2. The smallest absolute Gasteiger partial charge is 0.240 e. The second-order valence-electron chi connectivity index (χ2n) is 7.31. The van der Waals surface area contributed by atoms with Gasteiger partial charge in [-0.05, 0) is 24.3 Å². The van der Waals surface area contributed by atoms with Crippen LogP contribution in [0.4, 0.5) is 0 Å². The number of carbonyl (C=O) groups excluding carboxylic acids is 1. The highest BCUT2D eigenvalue weighted by molar-refractivity contribution is 5.82. The van der Waals surface area contributed by atoms with E-state index in [0.29, 0.717) is 32.0 Å². The topological polar surface area (TPSA) is 69.4 Å². The maximum Gasteiger partial charge on any atom is 0.240 e. The Kier molecular flexibility index (Phi) is 5.79. The number of piperazine rings is 1. The highest BCUT2D eigenvalue weighted by Crippen LogP contribution is 2.21. The van der Waals surface area contributed by atoms with E-state index < -0.39 is 6.04 Å². The molecule has 1 aromatic carbocycles. The molecule has 1 amide bonds. The molecule has 0 radical (unpaired) electrons. The van der Waals surface area contributed by atoms with Gasteiger partial charge in [0.05, 0.1) is 38.8 Å². The van der Waals surface area contributed by atoms with Crippen LogP contribution in [0.5, 0.6) is 0 Å². The van der Waals surface area contributed by atoms with Crippen molar-refractivity contribution in [3.8, 4) is 0 Å². The number of hydrogen-bond acceptors (Lipinski definition) is 3. The number of benzene rings is 1. The minimum absolute atomic E-state index is 0.0134. The Morgan fingerprint density at radius 1 is 1.39 bits per heavy atom. The molecule has 5 heteroatoms. The van der Waals surface area contributed by atoms with Gasteiger partial charge in [-0.15, -0.1) is 0 Å². The molecule has 0 saturated carbocycles. The standard InChI is InChI=1S/C18H29N3O2/c1-14(2)11-16-13-21(3,23)10-9-20(16)18(22)17(19)12-15-7-5-4-6-8-15/h4-8,14,16-17H,9-13,19H2,1-3H3/t16?,17-,21?/m0/s1. The molecule has 5 nitrogen and oxygen atoms in total. The number of hydrogen-bond donors (Lipinski definition) is 1. The molecule has 0 aromatic heterocycles. The zero-order valence-corrected chi connectivity index (χ0v) is 14.4. The van der Waals surface area contributed by atoms with Crippen LogP contribution >= 0.6 is 0 Å². The van der Waals surface area contributed by atoms with Crippen molar-refractivity contribution in [1.29, 1.82) is 0 Å². The van der Waals surface area contributed by atoms with Crippen molar-refractivity contribution in [3.63, 3.8) is 0 Å². The third-order valence-electron chi connectivity index (χ3n) is 4.49. The maximum absolute atomic E-state index is 12.8. The summed E-state index contributed by atoms with van der Waals surface area (Å²) in [4.78, 5) is 14.6. The molecule has 0 spiro atoms. The lowest BCUT2D eigenvalue weighted by molar-refractivity contribution is -0.868. The van der Waals surface area contributed by atoms with Crippen LogP contribution in [0.3, 0.4) is 0 Å². The summed E-state index contributed by atoms with van der Waals surface area (Å²) in [7, 11) is 1.69. The van der Waals surface area contributed by atoms with Crippen LogP contribution < -0.4 is 5.73 Å². The quantitative estimate of drug-likeness (QED) is 0.664. The predicted molar refractivity (Wildman–Crippen MR) is 92.4 cm³/mol. The Labute approximate surface area is 139 Å². The molecule has 1 saturated heterocycles. The number of amides is 1. The van der Waals surface area contributed by atoms with Gasteiger partial charge in [-0.3, -0.25) is 4.79 Å². The van der Waals surface area contributed by atoms with E-state index in [4.69, 9.17) is 5.73 Å². The Hall–Kier alpha value is -1.43. The number of likely N-dealkylation sites (N-methyl/N-ethyl adjacent to an activating group) is 1. The zero-order valence-electron chi connectivity index (χ0n) is 14.4. The van der Waals surface area contributed by atoms with Crippen molar-refractivity contribution in [2.45, 2.75) is 38.8 Å². The van der Waals surface area contributed by atoms with E-state index in [9.17, 15) is 10.0 Å². The largest absolute Gasteiger partial charge is 0.633 e. The first-order chi connectivity index (χ1) is 10.8. The highest BCUT2D eigenvalue weighted by Gasteiger charge is 2.36. The van der Waals surface area contributed by atoms with Crippen LogP contribution in [0, 0.1) is 11.1 Å². The minimum atomic E-state index is -0.546. The molecule has 2 rings (SSSR count). The van der Waals surface area contributed by atoms with E-state index in [0.717, 1.165) is 12.0 Å². The Balaban J connectivity index is 2.05. The molecule has 128 valence electrons. The van der Waals surface area contributed by atoms with Crippen LogP contribution in [0.2, 0.25) is 0 Å². The summed E-state index contributed by atoms with van der Waals surface area (Å²) < 4.78 is -0.269. The Bertz CT molecular complexity index is 516. The molecule has 1 fully saturated rings. The minimum Gasteiger partial charge on any atom is -0.633 e. The molecule has 1 heterocycles. The van der Waals surface area contributed by atoms with Crippen LogP contribution in [0.15, 0.2) is 30.3 Å². The first-order valence-electron chi connectivity index (χ1n) is 8.44. The molecule has 1 aromatic rings. The van der Waals surface area contributed by atoms with Crippen LogP contribution in [-0.4, -0.2) is 54.2 Å². The van der Waals surface area contributed by atoms with E-state index in [-0.39, 0.29) is 16.6 Å². The monoisotopic (exact) mass is 319 g/mol. The van der Waals surface area contributed by atoms with Gasteiger partial charge >= 0.3 is 0 Å². The van der Waals surface area contributed by atoms with Crippen molar-refractivity contribution >= 4 is 5.91 Å². The number of nitrogens with zero attached hydrogens (tertiary/aromatic N) is 2. The summed E-state index contributed by atoms with van der Waals surface area (Å²) in [5.41, 5.74) is 7.23. The fourth-order valence-corrected chi connectivity index (χ4v) is 3.34. The summed E-state index contributed by atoms with van der Waals surface area (Å²) >= 11 is 0. The molecule has 1 aliphatic heterocycles. The molecule has 0 aliphatic carbocycles. The van der Waals surface area contributed by atoms with Gasteiger partial charge in [-0.2, -0.15) is 0 Å². The number of quaternary nitrogens is 1. The van der Waals surface area contributed by atoms with Crippen molar-refractivity contribution in [3.05, 3.63) is 41.1 Å². The molecule has 3 atom stereocenters. The number of carbonyl (C=O) groups is 1. The van der Waals surface area contributed by atoms with Crippen molar-refractivity contribution < 1.29 is 9.44 Å². The van der Waals surface area contributed by atoms with Crippen molar-refractivity contribution in [2.24, 2.45) is 11.7 Å². The molecule has 2 unspecified atom stereocenters. The van der Waals surface area contributed by atoms with Crippen molar-refractivity contribution in [2.75, 3.05) is 26.7 Å². The Morgan fingerprint density at radius 3 is 2.65 bits per heavy atom. The first kappa shape index (κ1) is 17.9. The first-order valence-corrected chi connectivity index (χ1v) is 8.44. The fourth-order valence-electron chi connectivity index (χ4n) is 3.34. The van der Waals surface area contributed by atoms with Gasteiger partial charge in [0.15, 0.2) is 0 Å². The second-order valence-corrected chi connectivity index (χ2v) is 7.31. The van der Waals surface area contributed by atoms with E-state index in [2.05, 4.69) is 13.8 Å². The average molecular weight is 319 g/mol. The molecule has 23 heavy (non-hydrogen) atoms. The average Bonchev–Trinajstić information content (AvgIpc) is 2.46. The zero-order chi connectivity index (χ0) is 17.0. The normalized spacial score (nSPS) is 26.3. The lowest BCUT2D eigenvalue weighted by Gasteiger charge is -2.50. The molecular weight excluding hydrogens is 290 g/mol. The molecule has 1 aliphatic rings. The third-order valence-corrected chi connectivity index (χ3v) is 4.49. The van der Waals surface area contributed by atoms with Gasteiger partial charge in [0, 0.05) is 0 Å². The van der Waals surface area contributed by atoms with E-state index in [1.807, 2.05) is 35.2 Å². The fraction of sp³-hybridized carbons (Fsp3) is 0.611. The van der Waals surface area contributed by atoms with Gasteiger partial charge in [0.2, 0.25) is 5.91 Å². The lowest BCUT2D eigenvalue weighted by Crippen LogP contribution is -2.63. The summed E-state index contributed by atoms with van der Waals surface area (Å²) in [6.07, 6.45) is 1.38.